The molecule has 0 amide bonds. The fraction of sp³-hybridized carbons (Fsp3) is 0.600. The molecule has 1 aromatic rings. The van der Waals surface area contributed by atoms with E-state index in [0.717, 1.165) is 30.6 Å². The van der Waals surface area contributed by atoms with Crippen molar-refractivity contribution in [3.8, 4) is 5.75 Å². The van der Waals surface area contributed by atoms with E-state index < -0.39 is 10.0 Å². The second-order valence-electron chi connectivity index (χ2n) is 5.27. The van der Waals surface area contributed by atoms with Crippen LogP contribution in [0.15, 0.2) is 18.2 Å². The molecule has 0 aromatic heterocycles. The Morgan fingerprint density at radius 1 is 1.40 bits per heavy atom. The van der Waals surface area contributed by atoms with Crippen LogP contribution < -0.4 is 4.74 Å². The largest absolute Gasteiger partial charge is 0.497 e. The van der Waals surface area contributed by atoms with Gasteiger partial charge in [0.05, 0.1) is 12.9 Å². The number of unbranched alkanes of at least 4 members (excludes halogenated alkanes) is 1. The van der Waals surface area contributed by atoms with Crippen molar-refractivity contribution in [2.45, 2.75) is 39.2 Å². The normalized spacial score (nSPS) is 19.6. The molecule has 0 aliphatic carbocycles. The molecule has 5 heteroatoms. The summed E-state index contributed by atoms with van der Waals surface area (Å²) in [5.41, 5.74) is 2.29. The number of sulfonamides is 1. The highest BCUT2D eigenvalue weighted by Crippen LogP contribution is 2.34. The van der Waals surface area contributed by atoms with Crippen molar-refractivity contribution in [2.75, 3.05) is 19.4 Å². The lowest BCUT2D eigenvalue weighted by atomic mass is 9.95. The number of methoxy groups -OCH3 is 1. The summed E-state index contributed by atoms with van der Waals surface area (Å²) >= 11 is 0. The molecule has 1 atom stereocenters. The van der Waals surface area contributed by atoms with Crippen LogP contribution in [-0.4, -0.2) is 32.1 Å². The molecule has 0 N–H and O–H groups in total. The minimum Gasteiger partial charge on any atom is -0.497 e. The Labute approximate surface area is 121 Å². The lowest BCUT2D eigenvalue weighted by Gasteiger charge is -2.34. The first-order valence-corrected chi connectivity index (χ1v) is 8.77. The third-order valence-corrected chi connectivity index (χ3v) is 5.97. The van der Waals surface area contributed by atoms with Gasteiger partial charge in [0, 0.05) is 12.6 Å². The maximum absolute atomic E-state index is 12.4. The number of rotatable bonds is 5. The SMILES string of the molecule is CCCCS(=O)(=O)N1CCc2ccc(OC)cc2C1C. The van der Waals surface area contributed by atoms with Crippen molar-refractivity contribution in [3.63, 3.8) is 0 Å². The summed E-state index contributed by atoms with van der Waals surface area (Å²) < 4.78 is 31.7. The topological polar surface area (TPSA) is 46.6 Å². The third kappa shape index (κ3) is 2.99. The summed E-state index contributed by atoms with van der Waals surface area (Å²) in [6.07, 6.45) is 2.39. The van der Waals surface area contributed by atoms with Crippen LogP contribution in [0.1, 0.15) is 43.9 Å². The predicted molar refractivity (Wildman–Crippen MR) is 80.5 cm³/mol. The van der Waals surface area contributed by atoms with Gasteiger partial charge in [-0.25, -0.2) is 8.42 Å². The zero-order chi connectivity index (χ0) is 14.8. The summed E-state index contributed by atoms with van der Waals surface area (Å²) in [4.78, 5) is 0. The van der Waals surface area contributed by atoms with E-state index in [1.165, 1.54) is 5.56 Å². The van der Waals surface area contributed by atoms with Crippen LogP contribution in [0.3, 0.4) is 0 Å². The van der Waals surface area contributed by atoms with Gasteiger partial charge in [-0.2, -0.15) is 4.31 Å². The molecule has 2 rings (SSSR count). The first kappa shape index (κ1) is 15.3. The van der Waals surface area contributed by atoms with Gasteiger partial charge in [0.1, 0.15) is 5.75 Å². The molecule has 1 aliphatic rings. The first-order valence-electron chi connectivity index (χ1n) is 7.16. The molecule has 1 aromatic carbocycles. The predicted octanol–water partition coefficient (Wildman–Crippen LogP) is 2.74. The quantitative estimate of drug-likeness (QED) is 0.839. The molecule has 0 saturated carbocycles. The van der Waals surface area contributed by atoms with Gasteiger partial charge < -0.3 is 4.74 Å². The molecule has 1 aliphatic heterocycles. The highest BCUT2D eigenvalue weighted by Gasteiger charge is 2.32. The van der Waals surface area contributed by atoms with Crippen LogP contribution >= 0.6 is 0 Å². The fourth-order valence-corrected chi connectivity index (χ4v) is 4.57. The van der Waals surface area contributed by atoms with Crippen molar-refractivity contribution in [1.82, 2.24) is 4.31 Å². The van der Waals surface area contributed by atoms with E-state index in [9.17, 15) is 8.42 Å². The Kier molecular flexibility index (Phi) is 4.70. The molecule has 1 unspecified atom stereocenters. The van der Waals surface area contributed by atoms with E-state index >= 15 is 0 Å². The molecule has 0 spiro atoms. The van der Waals surface area contributed by atoms with Gasteiger partial charge in [0.15, 0.2) is 0 Å². The van der Waals surface area contributed by atoms with E-state index in [1.807, 2.05) is 32.0 Å². The molecule has 0 radical (unpaired) electrons. The van der Waals surface area contributed by atoms with Crippen molar-refractivity contribution in [3.05, 3.63) is 29.3 Å². The monoisotopic (exact) mass is 297 g/mol. The van der Waals surface area contributed by atoms with Crippen LogP contribution in [-0.2, 0) is 16.4 Å². The van der Waals surface area contributed by atoms with Gasteiger partial charge in [0.2, 0.25) is 10.0 Å². The van der Waals surface area contributed by atoms with Crippen molar-refractivity contribution < 1.29 is 13.2 Å². The molecular formula is C15H23NO3S. The Morgan fingerprint density at radius 3 is 2.80 bits per heavy atom. The van der Waals surface area contributed by atoms with Crippen LogP contribution in [0.25, 0.3) is 0 Å². The van der Waals surface area contributed by atoms with Crippen molar-refractivity contribution >= 4 is 10.0 Å². The van der Waals surface area contributed by atoms with Crippen LogP contribution in [0, 0.1) is 0 Å². The summed E-state index contributed by atoms with van der Waals surface area (Å²) in [6, 6.07) is 5.82. The molecule has 20 heavy (non-hydrogen) atoms. The Morgan fingerprint density at radius 2 is 2.15 bits per heavy atom. The Bertz CT molecular complexity index is 568. The van der Waals surface area contributed by atoms with Crippen molar-refractivity contribution in [2.24, 2.45) is 0 Å². The minimum atomic E-state index is -3.16. The number of fused-ring (bicyclic) bond motifs is 1. The van der Waals surface area contributed by atoms with Gasteiger partial charge in [0.25, 0.3) is 0 Å². The second-order valence-corrected chi connectivity index (χ2v) is 7.31. The molecule has 1 heterocycles. The molecule has 0 fully saturated rings. The first-order chi connectivity index (χ1) is 9.49. The zero-order valence-corrected chi connectivity index (χ0v) is 13.2. The lowest BCUT2D eigenvalue weighted by Crippen LogP contribution is -2.40. The highest BCUT2D eigenvalue weighted by molar-refractivity contribution is 7.89. The van der Waals surface area contributed by atoms with E-state index in [4.69, 9.17) is 4.74 Å². The Balaban J connectivity index is 2.28. The van der Waals surface area contributed by atoms with Gasteiger partial charge in [-0.3, -0.25) is 0 Å². The summed E-state index contributed by atoms with van der Waals surface area (Å²) in [5, 5.41) is 0. The van der Waals surface area contributed by atoms with Crippen LogP contribution in [0.4, 0.5) is 0 Å². The zero-order valence-electron chi connectivity index (χ0n) is 12.4. The molecule has 112 valence electrons. The molecule has 4 nitrogen and oxygen atoms in total. The molecular weight excluding hydrogens is 274 g/mol. The fourth-order valence-electron chi connectivity index (χ4n) is 2.72. The molecule has 0 bridgehead atoms. The highest BCUT2D eigenvalue weighted by atomic mass is 32.2. The van der Waals surface area contributed by atoms with Gasteiger partial charge in [-0.1, -0.05) is 19.4 Å². The number of nitrogens with zero attached hydrogens (tertiary/aromatic N) is 1. The summed E-state index contributed by atoms with van der Waals surface area (Å²) in [5.74, 6) is 1.02. The number of ether oxygens (including phenoxy) is 1. The standard InChI is InChI=1S/C15H23NO3S/c1-4-5-10-20(17,18)16-9-8-13-6-7-14(19-3)11-15(13)12(16)2/h6-7,11-12H,4-5,8-10H2,1-3H3. The average molecular weight is 297 g/mol. The molecule has 0 saturated heterocycles. The number of hydrogen-bond acceptors (Lipinski definition) is 3. The van der Waals surface area contributed by atoms with Crippen molar-refractivity contribution in [1.29, 1.82) is 0 Å². The van der Waals surface area contributed by atoms with E-state index in [1.54, 1.807) is 11.4 Å². The van der Waals surface area contributed by atoms with Gasteiger partial charge >= 0.3 is 0 Å². The Hall–Kier alpha value is -1.07. The minimum absolute atomic E-state index is 0.115. The van der Waals surface area contributed by atoms with Crippen LogP contribution in [0.2, 0.25) is 0 Å². The van der Waals surface area contributed by atoms with E-state index in [-0.39, 0.29) is 11.8 Å². The summed E-state index contributed by atoms with van der Waals surface area (Å²) in [7, 11) is -1.53. The third-order valence-electron chi connectivity index (χ3n) is 3.95. The van der Waals surface area contributed by atoms with E-state index in [2.05, 4.69) is 0 Å². The summed E-state index contributed by atoms with van der Waals surface area (Å²) in [6.45, 7) is 4.54. The van der Waals surface area contributed by atoms with Gasteiger partial charge in [-0.15, -0.1) is 0 Å². The van der Waals surface area contributed by atoms with Gasteiger partial charge in [-0.05, 0) is 43.0 Å². The maximum Gasteiger partial charge on any atom is 0.214 e. The van der Waals surface area contributed by atoms with Crippen LogP contribution in [0.5, 0.6) is 5.75 Å². The second kappa shape index (κ2) is 6.14. The smallest absolute Gasteiger partial charge is 0.214 e. The lowest BCUT2D eigenvalue weighted by molar-refractivity contribution is 0.324. The number of benzene rings is 1. The average Bonchev–Trinajstić information content (AvgIpc) is 2.45. The maximum atomic E-state index is 12.4. The number of hydrogen-bond donors (Lipinski definition) is 0. The van der Waals surface area contributed by atoms with E-state index in [0.29, 0.717) is 6.54 Å².